The first-order chi connectivity index (χ1) is 17.5. The zero-order chi connectivity index (χ0) is 25.3. The smallest absolute Gasteiger partial charge is 0.255 e. The van der Waals surface area contributed by atoms with Crippen LogP contribution in [0.3, 0.4) is 0 Å². The van der Waals surface area contributed by atoms with Crippen molar-refractivity contribution in [3.8, 4) is 5.75 Å². The van der Waals surface area contributed by atoms with Crippen molar-refractivity contribution in [3.05, 3.63) is 120 Å². The van der Waals surface area contributed by atoms with Gasteiger partial charge in [0.2, 0.25) is 5.91 Å². The Balaban J connectivity index is 1.50. The number of amides is 2. The van der Waals surface area contributed by atoms with Gasteiger partial charge in [-0.3, -0.25) is 9.59 Å². The SMILES string of the molecule is CCOc1ccccc1NC(=O)C(Sc1ccc(NC(=O)c2cccc(C)c2)cc1)c1ccccc1. The van der Waals surface area contributed by atoms with Crippen LogP contribution in [0.2, 0.25) is 0 Å². The quantitative estimate of drug-likeness (QED) is 0.242. The highest BCUT2D eigenvalue weighted by atomic mass is 32.2. The van der Waals surface area contributed by atoms with E-state index in [1.165, 1.54) is 11.8 Å². The molecule has 1 atom stereocenters. The maximum Gasteiger partial charge on any atom is 0.255 e. The van der Waals surface area contributed by atoms with Crippen LogP contribution in [0.1, 0.15) is 33.7 Å². The highest BCUT2D eigenvalue weighted by Crippen LogP contribution is 2.37. The van der Waals surface area contributed by atoms with Crippen LogP contribution in [-0.4, -0.2) is 18.4 Å². The van der Waals surface area contributed by atoms with Crippen molar-refractivity contribution < 1.29 is 14.3 Å². The number of carbonyl (C=O) groups excluding carboxylic acids is 2. The van der Waals surface area contributed by atoms with Gasteiger partial charge in [-0.25, -0.2) is 0 Å². The summed E-state index contributed by atoms with van der Waals surface area (Å²) in [6, 6.07) is 32.1. The van der Waals surface area contributed by atoms with Gasteiger partial charge in [-0.15, -0.1) is 11.8 Å². The molecular weight excluding hydrogens is 468 g/mol. The molecule has 4 aromatic carbocycles. The van der Waals surface area contributed by atoms with Crippen LogP contribution in [-0.2, 0) is 4.79 Å². The van der Waals surface area contributed by atoms with Crippen molar-refractivity contribution in [3.63, 3.8) is 0 Å². The van der Waals surface area contributed by atoms with Gasteiger partial charge in [0.25, 0.3) is 5.91 Å². The second-order valence-electron chi connectivity index (χ2n) is 8.17. The number of carbonyl (C=O) groups is 2. The maximum atomic E-state index is 13.4. The molecule has 2 N–H and O–H groups in total. The van der Waals surface area contributed by atoms with E-state index in [1.54, 1.807) is 6.07 Å². The number of hydrogen-bond donors (Lipinski definition) is 2. The minimum Gasteiger partial charge on any atom is -0.492 e. The molecule has 2 amide bonds. The molecule has 5 nitrogen and oxygen atoms in total. The maximum absolute atomic E-state index is 13.4. The Morgan fingerprint density at radius 1 is 0.833 bits per heavy atom. The van der Waals surface area contributed by atoms with Gasteiger partial charge in [-0.2, -0.15) is 0 Å². The average molecular weight is 497 g/mol. The summed E-state index contributed by atoms with van der Waals surface area (Å²) < 4.78 is 5.67. The van der Waals surface area contributed by atoms with Crippen molar-refractivity contribution in [1.29, 1.82) is 0 Å². The fourth-order valence-electron chi connectivity index (χ4n) is 3.69. The van der Waals surface area contributed by atoms with E-state index in [4.69, 9.17) is 4.74 Å². The number of benzene rings is 4. The Bertz CT molecular complexity index is 1320. The molecule has 0 aromatic heterocycles. The fourth-order valence-corrected chi connectivity index (χ4v) is 4.72. The van der Waals surface area contributed by atoms with E-state index in [9.17, 15) is 9.59 Å². The Kier molecular flexibility index (Phi) is 8.42. The predicted octanol–water partition coefficient (Wildman–Crippen LogP) is 7.12. The van der Waals surface area contributed by atoms with E-state index in [0.717, 1.165) is 16.0 Å². The molecular formula is C30H28N2O3S. The third kappa shape index (κ3) is 6.55. The number of para-hydroxylation sites is 2. The van der Waals surface area contributed by atoms with Gasteiger partial charge in [0.1, 0.15) is 11.0 Å². The van der Waals surface area contributed by atoms with Crippen molar-refractivity contribution in [2.45, 2.75) is 24.0 Å². The Labute approximate surface area is 215 Å². The van der Waals surface area contributed by atoms with Crippen molar-refractivity contribution in [1.82, 2.24) is 0 Å². The van der Waals surface area contributed by atoms with Crippen LogP contribution >= 0.6 is 11.8 Å². The predicted molar refractivity (Wildman–Crippen MR) is 147 cm³/mol. The first-order valence-corrected chi connectivity index (χ1v) is 12.6. The second-order valence-corrected chi connectivity index (χ2v) is 9.35. The molecule has 0 spiro atoms. The van der Waals surface area contributed by atoms with Crippen LogP contribution in [0, 0.1) is 6.92 Å². The van der Waals surface area contributed by atoms with Gasteiger partial charge in [-0.1, -0.05) is 60.2 Å². The van der Waals surface area contributed by atoms with Gasteiger partial charge in [-0.05, 0) is 67.9 Å². The van der Waals surface area contributed by atoms with E-state index in [-0.39, 0.29) is 11.8 Å². The van der Waals surface area contributed by atoms with Crippen LogP contribution in [0.4, 0.5) is 11.4 Å². The van der Waals surface area contributed by atoms with Crippen LogP contribution in [0.15, 0.2) is 108 Å². The van der Waals surface area contributed by atoms with Gasteiger partial charge >= 0.3 is 0 Å². The van der Waals surface area contributed by atoms with Crippen molar-refractivity contribution >= 4 is 35.0 Å². The molecule has 0 radical (unpaired) electrons. The molecule has 0 aliphatic carbocycles. The molecule has 0 saturated carbocycles. The third-order valence-electron chi connectivity index (χ3n) is 5.43. The molecule has 0 heterocycles. The Morgan fingerprint density at radius 2 is 1.56 bits per heavy atom. The van der Waals surface area contributed by atoms with Crippen LogP contribution in [0.5, 0.6) is 5.75 Å². The fraction of sp³-hybridized carbons (Fsp3) is 0.133. The summed E-state index contributed by atoms with van der Waals surface area (Å²) in [5.41, 5.74) is 3.87. The molecule has 1 unspecified atom stereocenters. The first kappa shape index (κ1) is 25.1. The number of aryl methyl sites for hydroxylation is 1. The Hall–Kier alpha value is -4.03. The van der Waals surface area contributed by atoms with Crippen molar-refractivity contribution in [2.75, 3.05) is 17.2 Å². The summed E-state index contributed by atoms with van der Waals surface area (Å²) in [6.07, 6.45) is 0. The molecule has 36 heavy (non-hydrogen) atoms. The summed E-state index contributed by atoms with van der Waals surface area (Å²) >= 11 is 1.45. The van der Waals surface area contributed by atoms with Gasteiger partial charge in [0.05, 0.1) is 12.3 Å². The monoisotopic (exact) mass is 496 g/mol. The number of ether oxygens (including phenoxy) is 1. The molecule has 0 aliphatic rings. The van der Waals surface area contributed by atoms with Crippen LogP contribution < -0.4 is 15.4 Å². The lowest BCUT2D eigenvalue weighted by Gasteiger charge is -2.19. The molecule has 4 rings (SSSR count). The lowest BCUT2D eigenvalue weighted by atomic mass is 10.1. The van der Waals surface area contributed by atoms with E-state index >= 15 is 0 Å². The van der Waals surface area contributed by atoms with Gasteiger partial charge < -0.3 is 15.4 Å². The summed E-state index contributed by atoms with van der Waals surface area (Å²) in [5.74, 6) is 0.336. The Morgan fingerprint density at radius 3 is 2.28 bits per heavy atom. The molecule has 6 heteroatoms. The molecule has 0 fully saturated rings. The van der Waals surface area contributed by atoms with Gasteiger partial charge in [0, 0.05) is 16.1 Å². The molecule has 4 aromatic rings. The topological polar surface area (TPSA) is 67.4 Å². The zero-order valence-electron chi connectivity index (χ0n) is 20.2. The normalized spacial score (nSPS) is 11.4. The molecule has 182 valence electrons. The van der Waals surface area contributed by atoms with E-state index in [2.05, 4.69) is 10.6 Å². The highest BCUT2D eigenvalue weighted by Gasteiger charge is 2.23. The molecule has 0 bridgehead atoms. The second kappa shape index (κ2) is 12.1. The lowest BCUT2D eigenvalue weighted by molar-refractivity contribution is -0.115. The highest BCUT2D eigenvalue weighted by molar-refractivity contribution is 8.00. The average Bonchev–Trinajstić information content (AvgIpc) is 2.90. The van der Waals surface area contributed by atoms with Crippen molar-refractivity contribution in [2.24, 2.45) is 0 Å². The summed E-state index contributed by atoms with van der Waals surface area (Å²) in [4.78, 5) is 26.9. The van der Waals surface area contributed by atoms with E-state index in [1.807, 2.05) is 111 Å². The standard InChI is InChI=1S/C30H28N2O3S/c1-3-35-27-15-8-7-14-26(27)32-30(34)28(22-11-5-4-6-12-22)36-25-18-16-24(17-19-25)31-29(33)23-13-9-10-21(2)20-23/h4-20,28H,3H2,1-2H3,(H,31,33)(H,32,34). The summed E-state index contributed by atoms with van der Waals surface area (Å²) in [6.45, 7) is 4.38. The number of rotatable bonds is 9. The number of nitrogens with one attached hydrogen (secondary N) is 2. The largest absolute Gasteiger partial charge is 0.492 e. The van der Waals surface area contributed by atoms with Gasteiger partial charge in [0.15, 0.2) is 0 Å². The molecule has 0 aliphatic heterocycles. The number of hydrogen-bond acceptors (Lipinski definition) is 4. The lowest BCUT2D eigenvalue weighted by Crippen LogP contribution is -2.19. The zero-order valence-corrected chi connectivity index (χ0v) is 21.0. The summed E-state index contributed by atoms with van der Waals surface area (Å²) in [7, 11) is 0. The first-order valence-electron chi connectivity index (χ1n) is 11.8. The third-order valence-corrected chi connectivity index (χ3v) is 6.70. The summed E-state index contributed by atoms with van der Waals surface area (Å²) in [5, 5.41) is 5.48. The minimum atomic E-state index is -0.478. The number of thioether (sulfide) groups is 1. The molecule has 0 saturated heterocycles. The minimum absolute atomic E-state index is 0.143. The van der Waals surface area contributed by atoms with E-state index in [0.29, 0.717) is 29.3 Å². The number of anilines is 2. The van der Waals surface area contributed by atoms with E-state index < -0.39 is 5.25 Å². The van der Waals surface area contributed by atoms with Crippen LogP contribution in [0.25, 0.3) is 0 Å².